The molecule has 0 aromatic heterocycles. The lowest BCUT2D eigenvalue weighted by Gasteiger charge is -2.31. The van der Waals surface area contributed by atoms with Crippen molar-refractivity contribution in [3.8, 4) is 0 Å². The summed E-state index contributed by atoms with van der Waals surface area (Å²) in [6.45, 7) is 2.15. The molecule has 0 radical (unpaired) electrons. The minimum Gasteiger partial charge on any atom is -0.322 e. The molecule has 22 heavy (non-hydrogen) atoms. The van der Waals surface area contributed by atoms with E-state index in [1.807, 2.05) is 7.05 Å². The Hall–Kier alpha value is -0.230. The summed E-state index contributed by atoms with van der Waals surface area (Å²) in [5.41, 5.74) is 0.415. The van der Waals surface area contributed by atoms with Crippen molar-refractivity contribution in [2.75, 3.05) is 32.0 Å². The summed E-state index contributed by atoms with van der Waals surface area (Å²) in [6.07, 6.45) is 2.10. The first-order chi connectivity index (χ1) is 9.99. The highest BCUT2D eigenvalue weighted by molar-refractivity contribution is 6.42. The first-order valence-electron chi connectivity index (χ1n) is 6.83. The van der Waals surface area contributed by atoms with Crippen molar-refractivity contribution in [3.63, 3.8) is 0 Å². The number of carbonyl (C=O) groups is 1. The summed E-state index contributed by atoms with van der Waals surface area (Å²) in [4.78, 5) is 14.2. The van der Waals surface area contributed by atoms with Gasteiger partial charge in [0.2, 0.25) is 5.91 Å². The Bertz CT molecular complexity index is 496. The zero-order chi connectivity index (χ0) is 15.4. The lowest BCUT2D eigenvalue weighted by molar-refractivity contribution is -0.117. The number of benzene rings is 1. The van der Waals surface area contributed by atoms with E-state index in [4.69, 9.17) is 34.8 Å². The molecule has 0 spiro atoms. The molecular formula is C14H19Cl4N3O. The predicted octanol–water partition coefficient (Wildman–Crippen LogP) is 3.69. The largest absolute Gasteiger partial charge is 0.322 e. The quantitative estimate of drug-likeness (QED) is 0.829. The molecule has 0 saturated carbocycles. The molecule has 1 aromatic rings. The van der Waals surface area contributed by atoms with Gasteiger partial charge in [0.05, 0.1) is 22.3 Å². The molecule has 1 saturated heterocycles. The molecule has 0 bridgehead atoms. The van der Waals surface area contributed by atoms with Crippen LogP contribution in [0.1, 0.15) is 12.8 Å². The number of piperidine rings is 1. The number of nitrogens with one attached hydrogen (secondary N) is 2. The average Bonchev–Trinajstić information content (AvgIpc) is 2.43. The second-order valence-electron chi connectivity index (χ2n) is 5.13. The number of hydrogen-bond acceptors (Lipinski definition) is 3. The van der Waals surface area contributed by atoms with E-state index >= 15 is 0 Å². The van der Waals surface area contributed by atoms with E-state index in [1.165, 1.54) is 0 Å². The van der Waals surface area contributed by atoms with Crippen LogP contribution in [-0.4, -0.2) is 43.5 Å². The summed E-state index contributed by atoms with van der Waals surface area (Å²) in [5.74, 6) is -0.121. The van der Waals surface area contributed by atoms with E-state index in [0.717, 1.165) is 25.9 Å². The molecule has 1 aromatic carbocycles. The molecule has 1 amide bonds. The van der Waals surface area contributed by atoms with Gasteiger partial charge in [0.25, 0.3) is 0 Å². The summed E-state index contributed by atoms with van der Waals surface area (Å²) in [6, 6.07) is 3.66. The van der Waals surface area contributed by atoms with Gasteiger partial charge in [0.15, 0.2) is 0 Å². The van der Waals surface area contributed by atoms with Gasteiger partial charge >= 0.3 is 0 Å². The van der Waals surface area contributed by atoms with Gasteiger partial charge in [-0.25, -0.2) is 0 Å². The van der Waals surface area contributed by atoms with E-state index in [1.54, 1.807) is 12.1 Å². The maximum atomic E-state index is 12.1. The van der Waals surface area contributed by atoms with Crippen LogP contribution < -0.4 is 10.6 Å². The van der Waals surface area contributed by atoms with Gasteiger partial charge in [0.1, 0.15) is 0 Å². The van der Waals surface area contributed by atoms with Crippen molar-refractivity contribution in [2.24, 2.45) is 0 Å². The molecule has 1 aliphatic rings. The number of halogens is 4. The molecule has 1 fully saturated rings. The lowest BCUT2D eigenvalue weighted by atomic mass is 10.1. The second kappa shape index (κ2) is 9.16. The monoisotopic (exact) mass is 385 g/mol. The summed E-state index contributed by atoms with van der Waals surface area (Å²) < 4.78 is 0. The lowest BCUT2D eigenvalue weighted by Crippen LogP contribution is -2.44. The molecule has 1 heterocycles. The van der Waals surface area contributed by atoms with Crippen LogP contribution in [0, 0.1) is 0 Å². The first-order valence-corrected chi connectivity index (χ1v) is 7.97. The van der Waals surface area contributed by atoms with Gasteiger partial charge in [-0.3, -0.25) is 9.69 Å². The Kier molecular flexibility index (Phi) is 8.25. The molecule has 1 aliphatic heterocycles. The zero-order valence-corrected chi connectivity index (χ0v) is 15.2. The molecule has 124 valence electrons. The van der Waals surface area contributed by atoms with Crippen LogP contribution in [0.3, 0.4) is 0 Å². The zero-order valence-electron chi connectivity index (χ0n) is 12.2. The average molecular weight is 387 g/mol. The standard InChI is InChI=1S/C14H18Cl3N3O.ClH/c1-18-10-2-4-20(5-3-10)8-13(21)19-14-11(16)6-9(15)7-12(14)17;/h6-7,10,18H,2-5,8H2,1H3,(H,19,21);1H. The second-order valence-corrected chi connectivity index (χ2v) is 6.38. The van der Waals surface area contributed by atoms with Gasteiger partial charge in [-0.05, 0) is 32.0 Å². The fraction of sp³-hybridized carbons (Fsp3) is 0.500. The van der Waals surface area contributed by atoms with Crippen LogP contribution in [0.4, 0.5) is 5.69 Å². The summed E-state index contributed by atoms with van der Waals surface area (Å²) >= 11 is 18.0. The number of anilines is 1. The number of amides is 1. The van der Waals surface area contributed by atoms with Crippen LogP contribution in [0.5, 0.6) is 0 Å². The first kappa shape index (κ1) is 19.8. The summed E-state index contributed by atoms with van der Waals surface area (Å²) in [7, 11) is 1.97. The highest BCUT2D eigenvalue weighted by Crippen LogP contribution is 2.33. The molecule has 2 rings (SSSR count). The Morgan fingerprint density at radius 2 is 1.77 bits per heavy atom. The van der Waals surface area contributed by atoms with E-state index in [-0.39, 0.29) is 18.3 Å². The van der Waals surface area contributed by atoms with E-state index in [0.29, 0.717) is 33.3 Å². The van der Waals surface area contributed by atoms with E-state index in [2.05, 4.69) is 15.5 Å². The Labute approximate surface area is 151 Å². The minimum atomic E-state index is -0.121. The minimum absolute atomic E-state index is 0. The molecular weight excluding hydrogens is 368 g/mol. The van der Waals surface area contributed by atoms with Crippen LogP contribution in [0.25, 0.3) is 0 Å². The number of rotatable bonds is 4. The van der Waals surface area contributed by atoms with Crippen molar-refractivity contribution < 1.29 is 4.79 Å². The maximum Gasteiger partial charge on any atom is 0.238 e. The summed E-state index contributed by atoms with van der Waals surface area (Å²) in [5, 5.41) is 7.15. The normalized spacial score (nSPS) is 16.2. The van der Waals surface area contributed by atoms with Crippen molar-refractivity contribution in [3.05, 3.63) is 27.2 Å². The van der Waals surface area contributed by atoms with Crippen molar-refractivity contribution in [1.29, 1.82) is 0 Å². The third-order valence-electron chi connectivity index (χ3n) is 3.63. The molecule has 8 heteroatoms. The smallest absolute Gasteiger partial charge is 0.238 e. The Morgan fingerprint density at radius 1 is 1.23 bits per heavy atom. The van der Waals surface area contributed by atoms with Gasteiger partial charge in [-0.1, -0.05) is 34.8 Å². The third-order valence-corrected chi connectivity index (χ3v) is 4.45. The van der Waals surface area contributed by atoms with Crippen LogP contribution in [-0.2, 0) is 4.79 Å². The van der Waals surface area contributed by atoms with Gasteiger partial charge in [-0.2, -0.15) is 0 Å². The Morgan fingerprint density at radius 3 is 2.27 bits per heavy atom. The van der Waals surface area contributed by atoms with Crippen molar-refractivity contribution in [2.45, 2.75) is 18.9 Å². The molecule has 0 unspecified atom stereocenters. The van der Waals surface area contributed by atoms with Gasteiger partial charge in [0, 0.05) is 24.2 Å². The topological polar surface area (TPSA) is 44.4 Å². The highest BCUT2D eigenvalue weighted by Gasteiger charge is 2.20. The molecule has 2 N–H and O–H groups in total. The van der Waals surface area contributed by atoms with Crippen LogP contribution in [0.15, 0.2) is 12.1 Å². The molecule has 0 atom stereocenters. The van der Waals surface area contributed by atoms with Gasteiger partial charge < -0.3 is 10.6 Å². The number of nitrogens with zero attached hydrogens (tertiary/aromatic N) is 1. The maximum absolute atomic E-state index is 12.1. The third kappa shape index (κ3) is 5.44. The fourth-order valence-corrected chi connectivity index (χ4v) is 3.33. The molecule has 4 nitrogen and oxygen atoms in total. The number of carbonyl (C=O) groups excluding carboxylic acids is 1. The Balaban J connectivity index is 0.00000242. The van der Waals surface area contributed by atoms with Crippen molar-refractivity contribution in [1.82, 2.24) is 10.2 Å². The van der Waals surface area contributed by atoms with Crippen LogP contribution in [0.2, 0.25) is 15.1 Å². The fourth-order valence-electron chi connectivity index (χ4n) is 2.42. The number of likely N-dealkylation sites (tertiary alicyclic amines) is 1. The number of hydrogen-bond donors (Lipinski definition) is 2. The molecule has 0 aliphatic carbocycles. The van der Waals surface area contributed by atoms with E-state index < -0.39 is 0 Å². The van der Waals surface area contributed by atoms with Crippen molar-refractivity contribution >= 4 is 58.8 Å². The highest BCUT2D eigenvalue weighted by atomic mass is 35.5. The SMILES string of the molecule is CNC1CCN(CC(=O)Nc2c(Cl)cc(Cl)cc2Cl)CC1.Cl. The van der Waals surface area contributed by atoms with E-state index in [9.17, 15) is 4.79 Å². The van der Waals surface area contributed by atoms with Crippen LogP contribution >= 0.6 is 47.2 Å². The predicted molar refractivity (Wildman–Crippen MR) is 95.9 cm³/mol. The van der Waals surface area contributed by atoms with Gasteiger partial charge in [-0.15, -0.1) is 12.4 Å².